The van der Waals surface area contributed by atoms with Crippen molar-refractivity contribution in [1.29, 1.82) is 0 Å². The van der Waals surface area contributed by atoms with Crippen molar-refractivity contribution in [2.24, 2.45) is 0 Å². The first-order valence-corrected chi connectivity index (χ1v) is 12.8. The van der Waals surface area contributed by atoms with Crippen molar-refractivity contribution in [1.82, 2.24) is 10.6 Å². The molecule has 0 aliphatic heterocycles. The molecule has 0 aliphatic carbocycles. The van der Waals surface area contributed by atoms with Crippen molar-refractivity contribution < 1.29 is 31.1 Å². The zero-order valence-corrected chi connectivity index (χ0v) is 23.0. The molecule has 2 aromatic rings. The lowest BCUT2D eigenvalue weighted by atomic mass is 9.94. The number of rotatable bonds is 10. The van der Waals surface area contributed by atoms with Crippen LogP contribution in [0.4, 0.5) is 26.3 Å². The van der Waals surface area contributed by atoms with Gasteiger partial charge in [-0.15, -0.1) is 0 Å². The molecular formula is C25H23Cl3F6N2OS. The van der Waals surface area contributed by atoms with Crippen LogP contribution in [0.3, 0.4) is 0 Å². The summed E-state index contributed by atoms with van der Waals surface area (Å²) in [4.78, 5) is 12.5. The quantitative estimate of drug-likeness (QED) is 0.0917. The van der Waals surface area contributed by atoms with Crippen LogP contribution < -0.4 is 10.6 Å². The van der Waals surface area contributed by atoms with E-state index in [4.69, 9.17) is 47.0 Å². The molecule has 0 heterocycles. The molecule has 0 saturated carbocycles. The number of hydrogen-bond acceptors (Lipinski definition) is 2. The number of halogens is 9. The Morgan fingerprint density at radius 2 is 1.63 bits per heavy atom. The minimum atomic E-state index is -4.89. The van der Waals surface area contributed by atoms with Crippen LogP contribution in [0.1, 0.15) is 59.2 Å². The number of carbonyl (C=O) groups excluding carboxylic acids is 1. The van der Waals surface area contributed by atoms with E-state index in [1.165, 1.54) is 0 Å². The number of thiocarbonyl (C=S) groups is 1. The van der Waals surface area contributed by atoms with Gasteiger partial charge in [0.25, 0.3) is 0 Å². The van der Waals surface area contributed by atoms with Crippen molar-refractivity contribution in [3.05, 3.63) is 73.7 Å². The van der Waals surface area contributed by atoms with Gasteiger partial charge in [-0.3, -0.25) is 4.79 Å². The lowest BCUT2D eigenvalue weighted by molar-refractivity contribution is -0.139. The Morgan fingerprint density at radius 3 is 2.18 bits per heavy atom. The molecule has 13 heteroatoms. The maximum atomic E-state index is 13.8. The zero-order valence-electron chi connectivity index (χ0n) is 19.9. The number of benzene rings is 2. The summed E-state index contributed by atoms with van der Waals surface area (Å²) >= 11 is 22.5. The van der Waals surface area contributed by atoms with Crippen LogP contribution in [0.25, 0.3) is 6.08 Å². The number of alkyl halides is 6. The molecule has 2 aromatic carbocycles. The molecule has 0 aromatic heterocycles. The Bertz CT molecular complexity index is 1160. The highest BCUT2D eigenvalue weighted by Crippen LogP contribution is 2.41. The van der Waals surface area contributed by atoms with Gasteiger partial charge in [-0.1, -0.05) is 59.1 Å². The van der Waals surface area contributed by atoms with E-state index in [0.717, 1.165) is 30.3 Å². The summed E-state index contributed by atoms with van der Waals surface area (Å²) in [6, 6.07) is 4.76. The summed E-state index contributed by atoms with van der Waals surface area (Å²) in [7, 11) is 0. The molecule has 0 amide bonds. The molecule has 0 aliphatic rings. The van der Waals surface area contributed by atoms with Crippen LogP contribution in [0.15, 0.2) is 36.4 Å². The molecular weight excluding hydrogens is 597 g/mol. The standard InChI is InChI=1S/C25H23Cl3F6N2OS/c1-2-35-23(38)36-10-4-3-5-21(37)16-8-6-14(11-18(16)25(32,33)34)7-9-17(24(29,30)31)15-12-19(26)22(28)20(27)13-15/h6-9,11-13,17H,2-5,10H2,1H3,(H2,35,36,38)/b9-7+. The predicted octanol–water partition coefficient (Wildman–Crippen LogP) is 8.86. The second kappa shape index (κ2) is 13.9. The molecule has 2 N–H and O–H groups in total. The molecule has 3 nitrogen and oxygen atoms in total. The molecule has 0 saturated heterocycles. The fourth-order valence-corrected chi connectivity index (χ4v) is 4.34. The van der Waals surface area contributed by atoms with E-state index < -0.39 is 35.2 Å². The number of hydrogen-bond donors (Lipinski definition) is 2. The van der Waals surface area contributed by atoms with Gasteiger partial charge in [-0.25, -0.2) is 0 Å². The van der Waals surface area contributed by atoms with Crippen molar-refractivity contribution >= 4 is 64.0 Å². The third-order valence-corrected chi connectivity index (χ3v) is 6.79. The van der Waals surface area contributed by atoms with Crippen LogP contribution in [0.5, 0.6) is 0 Å². The summed E-state index contributed by atoms with van der Waals surface area (Å²) in [5, 5.41) is 5.72. The van der Waals surface area contributed by atoms with E-state index in [9.17, 15) is 31.1 Å². The first-order valence-electron chi connectivity index (χ1n) is 11.3. The van der Waals surface area contributed by atoms with E-state index in [1.807, 2.05) is 6.92 Å². The van der Waals surface area contributed by atoms with Crippen LogP contribution in [-0.4, -0.2) is 30.2 Å². The fraction of sp³-hybridized carbons (Fsp3) is 0.360. The minimum absolute atomic E-state index is 0.120. The highest BCUT2D eigenvalue weighted by Gasteiger charge is 2.39. The van der Waals surface area contributed by atoms with Crippen LogP contribution in [0.2, 0.25) is 15.1 Å². The molecule has 0 radical (unpaired) electrons. The summed E-state index contributed by atoms with van der Waals surface area (Å²) in [5.41, 5.74) is -2.28. The van der Waals surface area contributed by atoms with Gasteiger partial charge >= 0.3 is 12.4 Å². The highest BCUT2D eigenvalue weighted by molar-refractivity contribution is 7.80. The summed E-state index contributed by atoms with van der Waals surface area (Å²) < 4.78 is 82.5. The van der Waals surface area contributed by atoms with E-state index in [2.05, 4.69) is 10.6 Å². The Kier molecular flexibility index (Phi) is 11.8. The zero-order chi connectivity index (χ0) is 28.7. The normalized spacial score (nSPS) is 13.0. The van der Waals surface area contributed by atoms with Crippen LogP contribution in [-0.2, 0) is 6.18 Å². The maximum absolute atomic E-state index is 13.8. The smallest absolute Gasteiger partial charge is 0.363 e. The molecule has 208 valence electrons. The Balaban J connectivity index is 2.25. The summed E-state index contributed by atoms with van der Waals surface area (Å²) in [6.45, 7) is 2.95. The minimum Gasteiger partial charge on any atom is -0.363 e. The third-order valence-electron chi connectivity index (χ3n) is 5.30. The van der Waals surface area contributed by atoms with Gasteiger partial charge in [0.05, 0.1) is 26.5 Å². The maximum Gasteiger partial charge on any atom is 0.417 e. The lowest BCUT2D eigenvalue weighted by Crippen LogP contribution is -2.35. The third kappa shape index (κ3) is 9.32. The highest BCUT2D eigenvalue weighted by atomic mass is 35.5. The predicted molar refractivity (Wildman–Crippen MR) is 143 cm³/mol. The monoisotopic (exact) mass is 618 g/mol. The van der Waals surface area contributed by atoms with E-state index in [1.54, 1.807) is 0 Å². The summed E-state index contributed by atoms with van der Waals surface area (Å²) in [5.74, 6) is -2.94. The van der Waals surface area contributed by atoms with Crippen LogP contribution >= 0.6 is 47.0 Å². The van der Waals surface area contributed by atoms with Crippen molar-refractivity contribution in [2.45, 2.75) is 44.5 Å². The van der Waals surface area contributed by atoms with Crippen LogP contribution in [0, 0.1) is 0 Å². The molecule has 0 fully saturated rings. The number of unbranched alkanes of at least 4 members (excludes halogenated alkanes) is 1. The average Bonchev–Trinajstić information content (AvgIpc) is 2.81. The average molecular weight is 620 g/mol. The fourth-order valence-electron chi connectivity index (χ4n) is 3.48. The van der Waals surface area contributed by atoms with Gasteiger partial charge in [0.1, 0.15) is 0 Å². The van der Waals surface area contributed by atoms with Gasteiger partial charge in [-0.05, 0) is 61.3 Å². The molecule has 38 heavy (non-hydrogen) atoms. The molecule has 0 bridgehead atoms. The van der Waals surface area contributed by atoms with Gasteiger partial charge in [0.15, 0.2) is 10.9 Å². The molecule has 1 atom stereocenters. The van der Waals surface area contributed by atoms with Crippen molar-refractivity contribution in [2.75, 3.05) is 13.1 Å². The Labute approximate surface area is 236 Å². The Hall–Kier alpha value is -2.01. The van der Waals surface area contributed by atoms with Gasteiger partial charge in [-0.2, -0.15) is 26.3 Å². The first kappa shape index (κ1) is 32.2. The topological polar surface area (TPSA) is 41.1 Å². The first-order chi connectivity index (χ1) is 17.6. The van der Waals surface area contributed by atoms with E-state index >= 15 is 0 Å². The molecule has 2 rings (SSSR count). The summed E-state index contributed by atoms with van der Waals surface area (Å²) in [6.07, 6.45) is -7.42. The second-order valence-corrected chi connectivity index (χ2v) is 9.75. The molecule has 0 spiro atoms. The van der Waals surface area contributed by atoms with Gasteiger partial charge in [0, 0.05) is 25.1 Å². The van der Waals surface area contributed by atoms with Gasteiger partial charge < -0.3 is 10.6 Å². The lowest BCUT2D eigenvalue weighted by Gasteiger charge is -2.18. The SMILES string of the molecule is CCNC(=S)NCCCCC(=O)c1ccc(/C=C/C(c2cc(Cl)c(Cl)c(Cl)c2)C(F)(F)F)cc1C(F)(F)F. The number of ketones is 1. The Morgan fingerprint density at radius 1 is 1.00 bits per heavy atom. The number of nitrogens with one attached hydrogen (secondary N) is 2. The number of allylic oxidation sites excluding steroid dienone is 1. The van der Waals surface area contributed by atoms with Crippen molar-refractivity contribution in [3.8, 4) is 0 Å². The van der Waals surface area contributed by atoms with Gasteiger partial charge in [0.2, 0.25) is 0 Å². The number of Topliss-reactive ketones (excluding diaryl/α,β-unsaturated/α-hetero) is 1. The van der Waals surface area contributed by atoms with Crippen molar-refractivity contribution in [3.63, 3.8) is 0 Å². The largest absolute Gasteiger partial charge is 0.417 e. The number of carbonyl (C=O) groups is 1. The van der Waals surface area contributed by atoms with E-state index in [0.29, 0.717) is 43.2 Å². The second-order valence-electron chi connectivity index (χ2n) is 8.15. The molecule has 1 unspecified atom stereocenters. The van der Waals surface area contributed by atoms with E-state index in [-0.39, 0.29) is 32.6 Å².